The number of hydrogen-bond donors (Lipinski definition) is 0. The van der Waals surface area contributed by atoms with E-state index in [2.05, 4.69) is 164 Å². The molecule has 0 fully saturated rings. The third-order valence-corrected chi connectivity index (χ3v) is 11.4. The molecule has 0 radical (unpaired) electrons. The molecule has 2 aliphatic rings. The molecule has 0 aliphatic carbocycles. The maximum Gasteiger partial charge on any atom is 0.252 e. The minimum absolute atomic E-state index is 0.131. The van der Waals surface area contributed by atoms with Crippen molar-refractivity contribution in [3.05, 3.63) is 162 Å². The average Bonchev–Trinajstić information content (AvgIpc) is 3.58. The molecular weight excluding hydrogens is 631 g/mol. The first-order valence-corrected chi connectivity index (χ1v) is 18.7. The summed E-state index contributed by atoms with van der Waals surface area (Å²) in [5, 5.41) is 2.31. The summed E-state index contributed by atoms with van der Waals surface area (Å²) in [5.41, 5.74) is 19.7. The van der Waals surface area contributed by atoms with Crippen LogP contribution in [0.5, 0.6) is 0 Å². The predicted octanol–water partition coefficient (Wildman–Crippen LogP) is 11.0. The number of aryl methyl sites for hydroxylation is 3. The first-order chi connectivity index (χ1) is 25.6. The number of nitrogens with zero attached hydrogens (tertiary/aromatic N) is 2. The number of hydrogen-bond acceptors (Lipinski definition) is 3. The van der Waals surface area contributed by atoms with Crippen molar-refractivity contribution in [3.63, 3.8) is 0 Å². The second-order valence-electron chi connectivity index (χ2n) is 14.2. The fourth-order valence-corrected chi connectivity index (χ4v) is 8.63. The van der Waals surface area contributed by atoms with Crippen molar-refractivity contribution in [2.45, 2.75) is 40.0 Å². The molecule has 8 aromatic rings. The van der Waals surface area contributed by atoms with Gasteiger partial charge in [-0.15, -0.1) is 0 Å². The highest BCUT2D eigenvalue weighted by atomic mass is 16.3. The maximum atomic E-state index is 6.25. The molecular formula is C48H39BN2O. The van der Waals surface area contributed by atoms with Gasteiger partial charge in [-0.2, -0.15) is 0 Å². The number of benzene rings is 7. The van der Waals surface area contributed by atoms with Gasteiger partial charge in [0, 0.05) is 44.9 Å². The van der Waals surface area contributed by atoms with Crippen LogP contribution in [0, 0.1) is 0 Å². The van der Waals surface area contributed by atoms with Crippen LogP contribution in [0.4, 0.5) is 34.1 Å². The number of rotatable bonds is 6. The van der Waals surface area contributed by atoms with E-state index in [1.807, 2.05) is 12.1 Å². The Kier molecular flexibility index (Phi) is 7.14. The van der Waals surface area contributed by atoms with Crippen LogP contribution in [0.25, 0.3) is 33.1 Å². The molecule has 1 aromatic heterocycles. The van der Waals surface area contributed by atoms with Crippen molar-refractivity contribution in [2.75, 3.05) is 9.80 Å². The van der Waals surface area contributed by atoms with E-state index in [0.717, 1.165) is 52.5 Å². The van der Waals surface area contributed by atoms with Crippen molar-refractivity contribution in [2.24, 2.45) is 0 Å². The van der Waals surface area contributed by atoms with Crippen LogP contribution in [-0.2, 0) is 19.3 Å². The van der Waals surface area contributed by atoms with Crippen LogP contribution in [0.1, 0.15) is 37.5 Å². The van der Waals surface area contributed by atoms with E-state index in [4.69, 9.17) is 4.42 Å². The van der Waals surface area contributed by atoms with Gasteiger partial charge in [0.15, 0.2) is 0 Å². The van der Waals surface area contributed by atoms with Gasteiger partial charge in [-0.25, -0.2) is 0 Å². The lowest BCUT2D eigenvalue weighted by molar-refractivity contribution is 0.669. The number of fused-ring (bicyclic) bond motifs is 7. The van der Waals surface area contributed by atoms with Crippen LogP contribution in [0.15, 0.2) is 150 Å². The summed E-state index contributed by atoms with van der Waals surface area (Å²) in [7, 11) is 0. The van der Waals surface area contributed by atoms with Crippen molar-refractivity contribution in [1.29, 1.82) is 0 Å². The maximum absolute atomic E-state index is 6.25. The van der Waals surface area contributed by atoms with Crippen molar-refractivity contribution in [1.82, 2.24) is 0 Å². The third kappa shape index (κ3) is 4.67. The van der Waals surface area contributed by atoms with Crippen molar-refractivity contribution in [3.8, 4) is 11.1 Å². The molecule has 3 nitrogen and oxygen atoms in total. The zero-order chi connectivity index (χ0) is 34.9. The van der Waals surface area contributed by atoms with Gasteiger partial charge in [0.25, 0.3) is 6.71 Å². The minimum Gasteiger partial charge on any atom is -0.456 e. The quantitative estimate of drug-likeness (QED) is 0.164. The SMILES string of the molecule is CCc1ccc(N2c3ccc(CC)cc3B3c4cc(CC)ccc4N(c4ccc(-c5ccc6c(c5)oc5ccccc56)cc4)c4cccc2c43)cc1. The molecule has 0 unspecified atom stereocenters. The molecule has 10 rings (SSSR count). The van der Waals surface area contributed by atoms with Crippen LogP contribution in [0.2, 0.25) is 0 Å². The summed E-state index contributed by atoms with van der Waals surface area (Å²) < 4.78 is 6.25. The minimum atomic E-state index is 0.131. The fourth-order valence-electron chi connectivity index (χ4n) is 8.63. The molecule has 0 amide bonds. The average molecular weight is 671 g/mol. The fraction of sp³-hybridized carbons (Fsp3) is 0.125. The summed E-state index contributed by atoms with van der Waals surface area (Å²) in [6.45, 7) is 6.87. The lowest BCUT2D eigenvalue weighted by Gasteiger charge is -2.44. The van der Waals surface area contributed by atoms with Gasteiger partial charge in [-0.05, 0) is 130 Å². The summed E-state index contributed by atoms with van der Waals surface area (Å²) in [6, 6.07) is 54.2. The smallest absolute Gasteiger partial charge is 0.252 e. The highest BCUT2D eigenvalue weighted by Crippen LogP contribution is 2.44. The first-order valence-electron chi connectivity index (χ1n) is 18.7. The van der Waals surface area contributed by atoms with Crippen LogP contribution < -0.4 is 26.2 Å². The Morgan fingerprint density at radius 1 is 0.442 bits per heavy atom. The molecule has 0 spiro atoms. The molecule has 0 N–H and O–H groups in total. The molecule has 7 aromatic carbocycles. The zero-order valence-corrected chi connectivity index (χ0v) is 29.9. The van der Waals surface area contributed by atoms with Crippen LogP contribution in [0.3, 0.4) is 0 Å². The standard InChI is InChI=1S/C48H39BN2O/c1-4-31-14-21-36(22-15-31)50-42-26-16-32(5-2)28-40(42)49-41-29-33(6-3)17-27-43(41)51(45-12-9-11-44(50)48(45)49)37-23-18-34(19-24-37)35-20-25-39-38-10-7-8-13-46(38)52-47(39)30-35/h7-30H,4-6H2,1-3H3. The second-order valence-corrected chi connectivity index (χ2v) is 14.2. The second kappa shape index (κ2) is 12.1. The summed E-state index contributed by atoms with van der Waals surface area (Å²) in [5.74, 6) is 0. The summed E-state index contributed by atoms with van der Waals surface area (Å²) in [6.07, 6.45) is 3.03. The molecule has 2 aliphatic heterocycles. The van der Waals surface area contributed by atoms with Crippen LogP contribution in [-0.4, -0.2) is 6.71 Å². The Balaban J connectivity index is 1.15. The molecule has 0 saturated carbocycles. The van der Waals surface area contributed by atoms with Crippen molar-refractivity contribution < 1.29 is 4.42 Å². The highest BCUT2D eigenvalue weighted by Gasteiger charge is 2.43. The van der Waals surface area contributed by atoms with E-state index in [1.54, 1.807) is 0 Å². The van der Waals surface area contributed by atoms with E-state index >= 15 is 0 Å². The molecule has 4 heteroatoms. The normalized spacial score (nSPS) is 13.0. The van der Waals surface area contributed by atoms with E-state index in [1.165, 1.54) is 67.1 Å². The Labute approximate surface area is 305 Å². The van der Waals surface area contributed by atoms with Crippen molar-refractivity contribution >= 4 is 79.2 Å². The topological polar surface area (TPSA) is 19.6 Å². The number of para-hydroxylation sites is 1. The summed E-state index contributed by atoms with van der Waals surface area (Å²) >= 11 is 0. The van der Waals surface area contributed by atoms with Gasteiger partial charge < -0.3 is 14.2 Å². The molecule has 0 bridgehead atoms. The molecule has 3 heterocycles. The Morgan fingerprint density at radius 3 is 1.60 bits per heavy atom. The van der Waals surface area contributed by atoms with E-state index in [9.17, 15) is 0 Å². The molecule has 0 atom stereocenters. The largest absolute Gasteiger partial charge is 0.456 e. The van der Waals surface area contributed by atoms with Gasteiger partial charge in [-0.3, -0.25) is 0 Å². The predicted molar refractivity (Wildman–Crippen MR) is 221 cm³/mol. The lowest BCUT2D eigenvalue weighted by atomic mass is 9.33. The lowest BCUT2D eigenvalue weighted by Crippen LogP contribution is -2.61. The van der Waals surface area contributed by atoms with Gasteiger partial charge >= 0.3 is 0 Å². The van der Waals surface area contributed by atoms with Gasteiger partial charge in [0.1, 0.15) is 11.2 Å². The monoisotopic (exact) mass is 670 g/mol. The third-order valence-electron chi connectivity index (χ3n) is 11.4. The molecule has 52 heavy (non-hydrogen) atoms. The Morgan fingerprint density at radius 2 is 0.981 bits per heavy atom. The van der Waals surface area contributed by atoms with Gasteiger partial charge in [-0.1, -0.05) is 99.6 Å². The Hall–Kier alpha value is -6.00. The summed E-state index contributed by atoms with van der Waals surface area (Å²) in [4.78, 5) is 4.98. The van der Waals surface area contributed by atoms with E-state index in [-0.39, 0.29) is 6.71 Å². The zero-order valence-electron chi connectivity index (χ0n) is 29.9. The van der Waals surface area contributed by atoms with E-state index in [0.29, 0.717) is 0 Å². The Bertz CT molecular complexity index is 2650. The number of anilines is 6. The molecule has 0 saturated heterocycles. The van der Waals surface area contributed by atoms with E-state index < -0.39 is 0 Å². The number of furan rings is 1. The highest BCUT2D eigenvalue weighted by molar-refractivity contribution is 7.00. The first kappa shape index (κ1) is 30.8. The molecule has 250 valence electrons. The van der Waals surface area contributed by atoms with Gasteiger partial charge in [0.2, 0.25) is 0 Å². The van der Waals surface area contributed by atoms with Gasteiger partial charge in [0.05, 0.1) is 0 Å². The van der Waals surface area contributed by atoms with Crippen LogP contribution >= 0.6 is 0 Å².